The van der Waals surface area contributed by atoms with Crippen molar-refractivity contribution in [1.29, 1.82) is 0 Å². The first-order chi connectivity index (χ1) is 8.18. The second-order valence-corrected chi connectivity index (χ2v) is 6.36. The van der Waals surface area contributed by atoms with Crippen LogP contribution in [0.3, 0.4) is 0 Å². The molecule has 4 unspecified atom stereocenters. The van der Waals surface area contributed by atoms with Crippen LogP contribution < -0.4 is 0 Å². The minimum absolute atomic E-state index is 0.0836. The Kier molecular flexibility index (Phi) is 4.87. The van der Waals surface area contributed by atoms with Crippen molar-refractivity contribution in [1.82, 2.24) is 4.90 Å². The van der Waals surface area contributed by atoms with Crippen molar-refractivity contribution < 1.29 is 5.11 Å². The fraction of sp³-hybridized carbons (Fsp3) is 1.00. The van der Waals surface area contributed by atoms with Crippen LogP contribution in [0.25, 0.3) is 0 Å². The van der Waals surface area contributed by atoms with Gasteiger partial charge in [0.1, 0.15) is 0 Å². The average molecular weight is 239 g/mol. The summed E-state index contributed by atoms with van der Waals surface area (Å²) in [4.78, 5) is 2.52. The molecule has 0 saturated heterocycles. The lowest BCUT2D eigenvalue weighted by molar-refractivity contribution is 0.0210. The monoisotopic (exact) mass is 239 g/mol. The van der Waals surface area contributed by atoms with Crippen LogP contribution in [0.15, 0.2) is 0 Å². The lowest BCUT2D eigenvalue weighted by atomic mass is 9.85. The lowest BCUT2D eigenvalue weighted by Gasteiger charge is -2.40. The van der Waals surface area contributed by atoms with Gasteiger partial charge in [-0.2, -0.15) is 0 Å². The summed E-state index contributed by atoms with van der Waals surface area (Å²) in [6.07, 6.45) is 11.4. The summed E-state index contributed by atoms with van der Waals surface area (Å²) in [5, 5.41) is 10.3. The van der Waals surface area contributed by atoms with E-state index >= 15 is 0 Å². The fourth-order valence-electron chi connectivity index (χ4n) is 3.79. The SMILES string of the molecule is CC1CCCC(N(C)C2CCCCCC2O)C1. The zero-order valence-corrected chi connectivity index (χ0v) is 11.6. The van der Waals surface area contributed by atoms with Crippen molar-refractivity contribution in [3.05, 3.63) is 0 Å². The molecule has 0 aromatic carbocycles. The molecule has 2 heteroatoms. The Balaban J connectivity index is 1.94. The molecular weight excluding hydrogens is 210 g/mol. The largest absolute Gasteiger partial charge is 0.391 e. The Labute approximate surface area is 106 Å². The number of hydrogen-bond donors (Lipinski definition) is 1. The highest BCUT2D eigenvalue weighted by Gasteiger charge is 2.31. The van der Waals surface area contributed by atoms with Gasteiger partial charge in [-0.1, -0.05) is 39.0 Å². The first-order valence-corrected chi connectivity index (χ1v) is 7.58. The maximum absolute atomic E-state index is 10.3. The Hall–Kier alpha value is -0.0800. The van der Waals surface area contributed by atoms with Crippen LogP contribution in [0.4, 0.5) is 0 Å². The summed E-state index contributed by atoms with van der Waals surface area (Å²) >= 11 is 0. The number of rotatable bonds is 2. The zero-order valence-electron chi connectivity index (χ0n) is 11.6. The van der Waals surface area contributed by atoms with Crippen LogP contribution in [0.2, 0.25) is 0 Å². The van der Waals surface area contributed by atoms with Crippen molar-refractivity contribution in [2.24, 2.45) is 5.92 Å². The number of hydrogen-bond acceptors (Lipinski definition) is 2. The quantitative estimate of drug-likeness (QED) is 0.748. The first kappa shape index (κ1) is 13.4. The van der Waals surface area contributed by atoms with Gasteiger partial charge in [0.05, 0.1) is 6.10 Å². The summed E-state index contributed by atoms with van der Waals surface area (Å²) in [7, 11) is 2.25. The van der Waals surface area contributed by atoms with Gasteiger partial charge in [0.25, 0.3) is 0 Å². The smallest absolute Gasteiger partial charge is 0.0695 e. The zero-order chi connectivity index (χ0) is 12.3. The highest BCUT2D eigenvalue weighted by atomic mass is 16.3. The summed E-state index contributed by atoms with van der Waals surface area (Å²) in [6.45, 7) is 2.38. The predicted octanol–water partition coefficient (Wildman–Crippen LogP) is 3.19. The first-order valence-electron chi connectivity index (χ1n) is 7.58. The summed E-state index contributed by atoms with van der Waals surface area (Å²) < 4.78 is 0. The standard InChI is InChI=1S/C15H29NO/c1-12-7-6-8-13(11-12)16(2)14-9-4-3-5-10-15(14)17/h12-15,17H,3-11H2,1-2H3. The van der Waals surface area contributed by atoms with E-state index in [0.717, 1.165) is 18.4 Å². The molecule has 2 rings (SSSR count). The molecule has 2 aliphatic rings. The molecular formula is C15H29NO. The van der Waals surface area contributed by atoms with E-state index in [0.29, 0.717) is 6.04 Å². The molecule has 2 nitrogen and oxygen atoms in total. The van der Waals surface area contributed by atoms with E-state index in [2.05, 4.69) is 18.9 Å². The summed E-state index contributed by atoms with van der Waals surface area (Å²) in [5.74, 6) is 0.874. The Morgan fingerprint density at radius 3 is 2.47 bits per heavy atom. The fourth-order valence-corrected chi connectivity index (χ4v) is 3.79. The van der Waals surface area contributed by atoms with Gasteiger partial charge in [-0.05, 0) is 38.6 Å². The van der Waals surface area contributed by atoms with Crippen LogP contribution in [-0.2, 0) is 0 Å². The van der Waals surface area contributed by atoms with E-state index < -0.39 is 0 Å². The van der Waals surface area contributed by atoms with Crippen molar-refractivity contribution in [3.63, 3.8) is 0 Å². The van der Waals surface area contributed by atoms with Crippen LogP contribution in [0, 0.1) is 5.92 Å². The Morgan fingerprint density at radius 1 is 0.941 bits per heavy atom. The van der Waals surface area contributed by atoms with Gasteiger partial charge < -0.3 is 5.11 Å². The molecule has 0 aromatic heterocycles. The highest BCUT2D eigenvalue weighted by Crippen LogP contribution is 2.31. The van der Waals surface area contributed by atoms with Gasteiger partial charge in [-0.15, -0.1) is 0 Å². The van der Waals surface area contributed by atoms with E-state index in [1.54, 1.807) is 0 Å². The molecule has 0 bridgehead atoms. The summed E-state index contributed by atoms with van der Waals surface area (Å²) in [6, 6.07) is 1.14. The van der Waals surface area contributed by atoms with E-state index in [9.17, 15) is 5.11 Å². The molecule has 4 atom stereocenters. The van der Waals surface area contributed by atoms with E-state index in [4.69, 9.17) is 0 Å². The predicted molar refractivity (Wildman–Crippen MR) is 72.1 cm³/mol. The highest BCUT2D eigenvalue weighted by molar-refractivity contribution is 4.86. The van der Waals surface area contributed by atoms with Crippen molar-refractivity contribution in [3.8, 4) is 0 Å². The van der Waals surface area contributed by atoms with Gasteiger partial charge in [0.15, 0.2) is 0 Å². The van der Waals surface area contributed by atoms with Crippen LogP contribution in [-0.4, -0.2) is 35.2 Å². The molecule has 17 heavy (non-hydrogen) atoms. The molecule has 0 heterocycles. The molecule has 2 aliphatic carbocycles. The van der Waals surface area contributed by atoms with Gasteiger partial charge in [0.2, 0.25) is 0 Å². The van der Waals surface area contributed by atoms with Crippen molar-refractivity contribution in [2.45, 2.75) is 82.9 Å². The van der Waals surface area contributed by atoms with Crippen molar-refractivity contribution in [2.75, 3.05) is 7.05 Å². The maximum Gasteiger partial charge on any atom is 0.0695 e. The molecule has 2 fully saturated rings. The molecule has 0 aliphatic heterocycles. The Bertz CT molecular complexity index is 231. The van der Waals surface area contributed by atoms with Crippen LogP contribution in [0.1, 0.15) is 64.7 Å². The number of likely N-dealkylation sites (N-methyl/N-ethyl adjacent to an activating group) is 1. The number of nitrogens with zero attached hydrogens (tertiary/aromatic N) is 1. The second-order valence-electron chi connectivity index (χ2n) is 6.36. The maximum atomic E-state index is 10.3. The third-order valence-electron chi connectivity index (χ3n) is 4.95. The summed E-state index contributed by atoms with van der Waals surface area (Å²) in [5.41, 5.74) is 0. The van der Waals surface area contributed by atoms with E-state index in [1.165, 1.54) is 51.4 Å². The van der Waals surface area contributed by atoms with Gasteiger partial charge in [-0.3, -0.25) is 4.90 Å². The molecule has 0 aromatic rings. The minimum Gasteiger partial charge on any atom is -0.391 e. The van der Waals surface area contributed by atoms with Crippen LogP contribution >= 0.6 is 0 Å². The molecule has 2 saturated carbocycles. The van der Waals surface area contributed by atoms with E-state index in [-0.39, 0.29) is 6.10 Å². The van der Waals surface area contributed by atoms with Crippen molar-refractivity contribution >= 4 is 0 Å². The molecule has 0 radical (unpaired) electrons. The topological polar surface area (TPSA) is 23.5 Å². The van der Waals surface area contributed by atoms with Gasteiger partial charge in [-0.25, -0.2) is 0 Å². The third kappa shape index (κ3) is 3.45. The third-order valence-corrected chi connectivity index (χ3v) is 4.95. The molecule has 100 valence electrons. The molecule has 1 N–H and O–H groups in total. The second kappa shape index (κ2) is 6.19. The molecule has 0 amide bonds. The van der Waals surface area contributed by atoms with Crippen LogP contribution in [0.5, 0.6) is 0 Å². The Morgan fingerprint density at radius 2 is 1.71 bits per heavy atom. The minimum atomic E-state index is -0.0836. The number of aliphatic hydroxyl groups excluding tert-OH is 1. The van der Waals surface area contributed by atoms with E-state index in [1.807, 2.05) is 0 Å². The number of aliphatic hydroxyl groups is 1. The average Bonchev–Trinajstić information content (AvgIpc) is 2.53. The van der Waals surface area contributed by atoms with Gasteiger partial charge >= 0.3 is 0 Å². The lowest BCUT2D eigenvalue weighted by Crippen LogP contribution is -2.47. The molecule has 0 spiro atoms. The van der Waals surface area contributed by atoms with Gasteiger partial charge in [0, 0.05) is 12.1 Å². The normalized spacial score (nSPS) is 40.2.